The van der Waals surface area contributed by atoms with Crippen molar-refractivity contribution in [3.63, 3.8) is 0 Å². The van der Waals surface area contributed by atoms with Crippen LogP contribution < -0.4 is 5.32 Å². The Kier molecular flexibility index (Phi) is 2.78. The summed E-state index contributed by atoms with van der Waals surface area (Å²) in [7, 11) is 0. The molecule has 2 aromatic heterocycles. The van der Waals surface area contributed by atoms with Crippen LogP contribution in [0, 0.1) is 0 Å². The number of pyridine rings is 1. The summed E-state index contributed by atoms with van der Waals surface area (Å²) in [6.07, 6.45) is 1.94. The molecule has 0 saturated carbocycles. The first-order chi connectivity index (χ1) is 8.34. The van der Waals surface area contributed by atoms with Gasteiger partial charge in [-0.15, -0.1) is 5.10 Å². The molecular formula is C12H17N5. The molecule has 0 bridgehead atoms. The molecule has 1 N–H and O–H groups in total. The highest BCUT2D eigenvalue weighted by molar-refractivity contribution is 5.36. The van der Waals surface area contributed by atoms with Crippen molar-refractivity contribution in [3.05, 3.63) is 30.2 Å². The van der Waals surface area contributed by atoms with E-state index in [1.54, 1.807) is 0 Å². The third-order valence-electron chi connectivity index (χ3n) is 3.33. The van der Waals surface area contributed by atoms with Crippen molar-refractivity contribution in [3.8, 4) is 0 Å². The van der Waals surface area contributed by atoms with Gasteiger partial charge in [0, 0.05) is 32.4 Å². The van der Waals surface area contributed by atoms with Crippen LogP contribution in [0.1, 0.15) is 18.8 Å². The molecule has 3 rings (SSSR count). The Morgan fingerprint density at radius 2 is 2.12 bits per heavy atom. The van der Waals surface area contributed by atoms with E-state index in [2.05, 4.69) is 27.2 Å². The van der Waals surface area contributed by atoms with Crippen molar-refractivity contribution in [2.75, 3.05) is 26.2 Å². The van der Waals surface area contributed by atoms with Crippen molar-refractivity contribution in [1.29, 1.82) is 0 Å². The van der Waals surface area contributed by atoms with Gasteiger partial charge in [-0.25, -0.2) is 9.50 Å². The first-order valence-corrected chi connectivity index (χ1v) is 6.11. The molecule has 5 heteroatoms. The fraction of sp³-hybridized carbons (Fsp3) is 0.500. The van der Waals surface area contributed by atoms with Gasteiger partial charge in [0.2, 0.25) is 0 Å². The van der Waals surface area contributed by atoms with Crippen molar-refractivity contribution in [2.45, 2.75) is 13.0 Å². The molecule has 90 valence electrons. The van der Waals surface area contributed by atoms with Gasteiger partial charge in [-0.05, 0) is 19.1 Å². The molecule has 0 aromatic carbocycles. The molecule has 17 heavy (non-hydrogen) atoms. The number of fused-ring (bicyclic) bond motifs is 1. The second-order valence-corrected chi connectivity index (χ2v) is 4.44. The summed E-state index contributed by atoms with van der Waals surface area (Å²) in [4.78, 5) is 7.00. The van der Waals surface area contributed by atoms with E-state index in [1.807, 2.05) is 28.9 Å². The van der Waals surface area contributed by atoms with Crippen molar-refractivity contribution >= 4 is 5.65 Å². The second-order valence-electron chi connectivity index (χ2n) is 4.44. The lowest BCUT2D eigenvalue weighted by atomic mass is 10.2. The number of aromatic nitrogens is 3. The molecule has 2 aromatic rings. The van der Waals surface area contributed by atoms with Crippen LogP contribution in [0.4, 0.5) is 0 Å². The van der Waals surface area contributed by atoms with E-state index in [1.165, 1.54) is 0 Å². The summed E-state index contributed by atoms with van der Waals surface area (Å²) in [5.41, 5.74) is 0.921. The van der Waals surface area contributed by atoms with Crippen LogP contribution in [-0.2, 0) is 0 Å². The van der Waals surface area contributed by atoms with E-state index >= 15 is 0 Å². The van der Waals surface area contributed by atoms with E-state index in [0.717, 1.165) is 37.7 Å². The molecular weight excluding hydrogens is 214 g/mol. The van der Waals surface area contributed by atoms with Crippen molar-refractivity contribution in [1.82, 2.24) is 24.8 Å². The molecule has 0 radical (unpaired) electrons. The third kappa shape index (κ3) is 2.03. The maximum Gasteiger partial charge on any atom is 0.168 e. The number of hydrogen-bond acceptors (Lipinski definition) is 4. The van der Waals surface area contributed by atoms with E-state index < -0.39 is 0 Å². The molecule has 1 aliphatic heterocycles. The average Bonchev–Trinajstić information content (AvgIpc) is 2.82. The summed E-state index contributed by atoms with van der Waals surface area (Å²) < 4.78 is 1.84. The Morgan fingerprint density at radius 3 is 2.88 bits per heavy atom. The second kappa shape index (κ2) is 4.43. The van der Waals surface area contributed by atoms with Gasteiger partial charge >= 0.3 is 0 Å². The molecule has 1 aliphatic rings. The number of piperazine rings is 1. The van der Waals surface area contributed by atoms with Gasteiger partial charge in [0.25, 0.3) is 0 Å². The molecule has 1 atom stereocenters. The van der Waals surface area contributed by atoms with Crippen LogP contribution in [0.15, 0.2) is 24.4 Å². The Hall–Kier alpha value is -1.46. The van der Waals surface area contributed by atoms with Crippen LogP contribution in [0.5, 0.6) is 0 Å². The lowest BCUT2D eigenvalue weighted by Gasteiger charge is -2.31. The largest absolute Gasteiger partial charge is 0.314 e. The lowest BCUT2D eigenvalue weighted by molar-refractivity contribution is 0.179. The van der Waals surface area contributed by atoms with Gasteiger partial charge in [-0.3, -0.25) is 4.90 Å². The highest BCUT2D eigenvalue weighted by Gasteiger charge is 2.21. The molecule has 1 saturated heterocycles. The Morgan fingerprint density at radius 1 is 1.29 bits per heavy atom. The topological polar surface area (TPSA) is 45.5 Å². The number of rotatable bonds is 2. The highest BCUT2D eigenvalue weighted by Crippen LogP contribution is 2.17. The SMILES string of the molecule is CC(c1nc2ccccn2n1)N1CCNCC1. The summed E-state index contributed by atoms with van der Waals surface area (Å²) >= 11 is 0. The highest BCUT2D eigenvalue weighted by atomic mass is 15.3. The zero-order chi connectivity index (χ0) is 11.7. The molecule has 0 aliphatic carbocycles. The molecule has 1 fully saturated rings. The summed E-state index contributed by atoms with van der Waals surface area (Å²) in [5.74, 6) is 0.915. The van der Waals surface area contributed by atoms with Crippen molar-refractivity contribution in [2.24, 2.45) is 0 Å². The molecule has 3 heterocycles. The standard InChI is InChI=1S/C12H17N5/c1-10(16-8-5-13-6-9-16)12-14-11-4-2-3-7-17(11)15-12/h2-4,7,10,13H,5-6,8-9H2,1H3. The first kappa shape index (κ1) is 10.7. The Bertz CT molecular complexity index is 467. The quantitative estimate of drug-likeness (QED) is 0.826. The minimum atomic E-state index is 0.289. The van der Waals surface area contributed by atoms with E-state index in [9.17, 15) is 0 Å². The minimum absolute atomic E-state index is 0.289. The summed E-state index contributed by atoms with van der Waals surface area (Å²) in [5, 5.41) is 7.89. The van der Waals surface area contributed by atoms with Crippen molar-refractivity contribution < 1.29 is 0 Å². The van der Waals surface area contributed by atoms with E-state index in [-0.39, 0.29) is 6.04 Å². The van der Waals surface area contributed by atoms with Crippen LogP contribution in [0.25, 0.3) is 5.65 Å². The number of nitrogens with one attached hydrogen (secondary N) is 1. The minimum Gasteiger partial charge on any atom is -0.314 e. The van der Waals surface area contributed by atoms with Crippen LogP contribution in [-0.4, -0.2) is 45.7 Å². The van der Waals surface area contributed by atoms with Gasteiger partial charge in [0.15, 0.2) is 11.5 Å². The monoisotopic (exact) mass is 231 g/mol. The first-order valence-electron chi connectivity index (χ1n) is 6.11. The van der Waals surface area contributed by atoms with Gasteiger partial charge in [-0.2, -0.15) is 0 Å². The Labute approximate surface area is 100 Å². The van der Waals surface area contributed by atoms with E-state index in [4.69, 9.17) is 0 Å². The zero-order valence-corrected chi connectivity index (χ0v) is 10.0. The van der Waals surface area contributed by atoms with Gasteiger partial charge in [0.05, 0.1) is 6.04 Å². The van der Waals surface area contributed by atoms with Crippen LogP contribution in [0.2, 0.25) is 0 Å². The molecule has 0 spiro atoms. The normalized spacial score (nSPS) is 19.6. The zero-order valence-electron chi connectivity index (χ0n) is 10.0. The maximum absolute atomic E-state index is 4.58. The summed E-state index contributed by atoms with van der Waals surface area (Å²) in [6, 6.07) is 6.24. The predicted molar refractivity (Wildman–Crippen MR) is 65.8 cm³/mol. The van der Waals surface area contributed by atoms with Crippen LogP contribution in [0.3, 0.4) is 0 Å². The van der Waals surface area contributed by atoms with E-state index in [0.29, 0.717) is 0 Å². The molecule has 1 unspecified atom stereocenters. The van der Waals surface area contributed by atoms with Gasteiger partial charge in [0.1, 0.15) is 0 Å². The fourth-order valence-corrected chi connectivity index (χ4v) is 2.26. The Balaban J connectivity index is 1.86. The predicted octanol–water partition coefficient (Wildman–Crippen LogP) is 0.696. The number of hydrogen-bond donors (Lipinski definition) is 1. The fourth-order valence-electron chi connectivity index (χ4n) is 2.26. The lowest BCUT2D eigenvalue weighted by Crippen LogP contribution is -2.44. The summed E-state index contributed by atoms with van der Waals surface area (Å²) in [6.45, 7) is 6.42. The maximum atomic E-state index is 4.58. The molecule has 5 nitrogen and oxygen atoms in total. The van der Waals surface area contributed by atoms with Gasteiger partial charge in [-0.1, -0.05) is 6.07 Å². The smallest absolute Gasteiger partial charge is 0.168 e. The van der Waals surface area contributed by atoms with Gasteiger partial charge < -0.3 is 5.32 Å². The molecule has 0 amide bonds. The van der Waals surface area contributed by atoms with Crippen LogP contribution >= 0.6 is 0 Å². The average molecular weight is 231 g/mol. The number of nitrogens with zero attached hydrogens (tertiary/aromatic N) is 4. The third-order valence-corrected chi connectivity index (χ3v) is 3.33.